The Labute approximate surface area is 118 Å². The van der Waals surface area contributed by atoms with Crippen LogP contribution in [-0.4, -0.2) is 37.3 Å². The largest absolute Gasteiger partial charge is 0.382 e. The fourth-order valence-corrected chi connectivity index (χ4v) is 2.29. The molecule has 0 saturated carbocycles. The van der Waals surface area contributed by atoms with Gasteiger partial charge < -0.3 is 15.4 Å². The molecule has 1 aliphatic heterocycles. The van der Waals surface area contributed by atoms with Crippen LogP contribution in [0.2, 0.25) is 0 Å². The zero-order valence-corrected chi connectivity index (χ0v) is 11.7. The maximum absolute atomic E-state index is 10.7. The van der Waals surface area contributed by atoms with Gasteiger partial charge in [-0.1, -0.05) is 6.07 Å². The van der Waals surface area contributed by atoms with E-state index < -0.39 is 0 Å². The number of anilines is 1. The Morgan fingerprint density at radius 3 is 2.90 bits per heavy atom. The van der Waals surface area contributed by atoms with E-state index in [0.29, 0.717) is 19.3 Å². The standard InChI is InChI=1S/C14H21N3O3/c1-11-2-3-12(17(18)19)10-14(11)16-8-9-20-13-4-6-15-7-5-13/h2-3,10,13,15-16H,4-9H2,1H3. The normalized spacial score (nSPS) is 16.1. The summed E-state index contributed by atoms with van der Waals surface area (Å²) in [4.78, 5) is 10.4. The molecular weight excluding hydrogens is 258 g/mol. The van der Waals surface area contributed by atoms with Crippen LogP contribution in [0.4, 0.5) is 11.4 Å². The topological polar surface area (TPSA) is 76.4 Å². The second-order valence-electron chi connectivity index (χ2n) is 5.00. The number of hydrogen-bond donors (Lipinski definition) is 2. The molecule has 0 aromatic heterocycles. The Morgan fingerprint density at radius 2 is 2.20 bits per heavy atom. The van der Waals surface area contributed by atoms with Gasteiger partial charge >= 0.3 is 0 Å². The smallest absolute Gasteiger partial charge is 0.271 e. The minimum atomic E-state index is -0.379. The Hall–Kier alpha value is -1.66. The molecule has 6 heteroatoms. The van der Waals surface area contributed by atoms with Crippen LogP contribution in [0.1, 0.15) is 18.4 Å². The summed E-state index contributed by atoms with van der Waals surface area (Å²) in [7, 11) is 0. The molecule has 6 nitrogen and oxygen atoms in total. The molecule has 20 heavy (non-hydrogen) atoms. The predicted molar refractivity (Wildman–Crippen MR) is 78.2 cm³/mol. The highest BCUT2D eigenvalue weighted by Gasteiger charge is 2.13. The molecule has 0 bridgehead atoms. The summed E-state index contributed by atoms with van der Waals surface area (Å²) >= 11 is 0. The molecule has 0 unspecified atom stereocenters. The summed E-state index contributed by atoms with van der Waals surface area (Å²) < 4.78 is 5.79. The van der Waals surface area contributed by atoms with Crippen molar-refractivity contribution in [2.24, 2.45) is 0 Å². The van der Waals surface area contributed by atoms with E-state index in [9.17, 15) is 10.1 Å². The van der Waals surface area contributed by atoms with Crippen LogP contribution in [0.25, 0.3) is 0 Å². The molecule has 0 spiro atoms. The van der Waals surface area contributed by atoms with E-state index >= 15 is 0 Å². The quantitative estimate of drug-likeness (QED) is 0.473. The zero-order chi connectivity index (χ0) is 14.4. The molecule has 1 fully saturated rings. The first-order chi connectivity index (χ1) is 9.66. The number of ether oxygens (including phenoxy) is 1. The van der Waals surface area contributed by atoms with Gasteiger partial charge in [-0.15, -0.1) is 0 Å². The molecule has 0 aliphatic carbocycles. The van der Waals surface area contributed by atoms with Crippen LogP contribution in [0.15, 0.2) is 18.2 Å². The third-order valence-corrected chi connectivity index (χ3v) is 3.49. The van der Waals surface area contributed by atoms with Crippen molar-refractivity contribution in [3.63, 3.8) is 0 Å². The second kappa shape index (κ2) is 7.21. The number of nitro benzene ring substituents is 1. The lowest BCUT2D eigenvalue weighted by Crippen LogP contribution is -2.33. The number of nitro groups is 1. The van der Waals surface area contributed by atoms with Gasteiger partial charge in [0.1, 0.15) is 0 Å². The third kappa shape index (κ3) is 4.18. The summed E-state index contributed by atoms with van der Waals surface area (Å²) in [6.07, 6.45) is 2.44. The van der Waals surface area contributed by atoms with Gasteiger partial charge in [-0.3, -0.25) is 10.1 Å². The molecule has 2 N–H and O–H groups in total. The third-order valence-electron chi connectivity index (χ3n) is 3.49. The summed E-state index contributed by atoms with van der Waals surface area (Å²) in [6, 6.07) is 4.85. The van der Waals surface area contributed by atoms with E-state index in [1.165, 1.54) is 6.07 Å². The second-order valence-corrected chi connectivity index (χ2v) is 5.00. The molecule has 1 saturated heterocycles. The highest BCUT2D eigenvalue weighted by Crippen LogP contribution is 2.21. The van der Waals surface area contributed by atoms with Crippen molar-refractivity contribution in [3.8, 4) is 0 Å². The molecular formula is C14H21N3O3. The van der Waals surface area contributed by atoms with E-state index in [1.807, 2.05) is 6.92 Å². The monoisotopic (exact) mass is 279 g/mol. The van der Waals surface area contributed by atoms with E-state index in [4.69, 9.17) is 4.74 Å². The molecule has 1 aromatic rings. The van der Waals surface area contributed by atoms with Crippen molar-refractivity contribution in [1.82, 2.24) is 5.32 Å². The summed E-state index contributed by atoms with van der Waals surface area (Å²) in [5.41, 5.74) is 1.91. The first-order valence-electron chi connectivity index (χ1n) is 6.98. The number of nitrogens with one attached hydrogen (secondary N) is 2. The van der Waals surface area contributed by atoms with Gasteiger partial charge in [0.2, 0.25) is 0 Å². The van der Waals surface area contributed by atoms with Crippen LogP contribution in [-0.2, 0) is 4.74 Å². The first-order valence-corrected chi connectivity index (χ1v) is 6.98. The number of hydrogen-bond acceptors (Lipinski definition) is 5. The van der Waals surface area contributed by atoms with E-state index in [-0.39, 0.29) is 10.6 Å². The molecule has 2 rings (SSSR count). The number of piperidine rings is 1. The van der Waals surface area contributed by atoms with E-state index in [1.54, 1.807) is 12.1 Å². The Bertz CT molecular complexity index is 459. The summed E-state index contributed by atoms with van der Waals surface area (Å²) in [5, 5.41) is 17.2. The van der Waals surface area contributed by atoms with Crippen LogP contribution in [0.5, 0.6) is 0 Å². The number of non-ortho nitro benzene ring substituents is 1. The minimum absolute atomic E-state index is 0.109. The lowest BCUT2D eigenvalue weighted by molar-refractivity contribution is -0.384. The summed E-state index contributed by atoms with van der Waals surface area (Å²) in [5.74, 6) is 0. The van der Waals surface area contributed by atoms with E-state index in [2.05, 4.69) is 10.6 Å². The van der Waals surface area contributed by atoms with Gasteiger partial charge in [0, 0.05) is 24.4 Å². The number of rotatable bonds is 6. The Kier molecular flexibility index (Phi) is 5.31. The van der Waals surface area contributed by atoms with Gasteiger partial charge in [0.15, 0.2) is 0 Å². The highest BCUT2D eigenvalue weighted by atomic mass is 16.6. The molecule has 1 aliphatic rings. The SMILES string of the molecule is Cc1ccc([N+](=O)[O-])cc1NCCOC1CCNCC1. The van der Waals surface area contributed by atoms with E-state index in [0.717, 1.165) is 37.2 Å². The van der Waals surface area contributed by atoms with Crippen molar-refractivity contribution >= 4 is 11.4 Å². The van der Waals surface area contributed by atoms with Gasteiger partial charge in [-0.05, 0) is 38.4 Å². The first kappa shape index (κ1) is 14.7. The van der Waals surface area contributed by atoms with Crippen molar-refractivity contribution < 1.29 is 9.66 Å². The van der Waals surface area contributed by atoms with Gasteiger partial charge in [-0.25, -0.2) is 0 Å². The van der Waals surface area contributed by atoms with Crippen molar-refractivity contribution in [1.29, 1.82) is 0 Å². The lowest BCUT2D eigenvalue weighted by Gasteiger charge is -2.23. The fourth-order valence-electron chi connectivity index (χ4n) is 2.29. The number of benzene rings is 1. The van der Waals surface area contributed by atoms with Gasteiger partial charge in [0.05, 0.1) is 17.6 Å². The average molecular weight is 279 g/mol. The molecule has 1 heterocycles. The highest BCUT2D eigenvalue weighted by molar-refractivity contribution is 5.56. The lowest BCUT2D eigenvalue weighted by atomic mass is 10.1. The molecule has 0 amide bonds. The van der Waals surface area contributed by atoms with Crippen molar-refractivity contribution in [2.45, 2.75) is 25.9 Å². The maximum Gasteiger partial charge on any atom is 0.271 e. The van der Waals surface area contributed by atoms with Crippen molar-refractivity contribution in [3.05, 3.63) is 33.9 Å². The molecule has 110 valence electrons. The fraction of sp³-hybridized carbons (Fsp3) is 0.571. The molecule has 0 radical (unpaired) electrons. The minimum Gasteiger partial charge on any atom is -0.382 e. The Balaban J connectivity index is 1.78. The molecule has 0 atom stereocenters. The van der Waals surface area contributed by atoms with Crippen molar-refractivity contribution in [2.75, 3.05) is 31.6 Å². The van der Waals surface area contributed by atoms with Crippen LogP contribution >= 0.6 is 0 Å². The van der Waals surface area contributed by atoms with Gasteiger partial charge in [0.25, 0.3) is 5.69 Å². The Morgan fingerprint density at radius 1 is 1.45 bits per heavy atom. The average Bonchev–Trinajstić information content (AvgIpc) is 2.46. The van der Waals surface area contributed by atoms with Crippen LogP contribution in [0, 0.1) is 17.0 Å². The summed E-state index contributed by atoms with van der Waals surface area (Å²) in [6.45, 7) is 5.24. The van der Waals surface area contributed by atoms with Gasteiger partial charge in [-0.2, -0.15) is 0 Å². The maximum atomic E-state index is 10.7. The number of nitrogens with zero attached hydrogens (tertiary/aromatic N) is 1. The van der Waals surface area contributed by atoms with Crippen LogP contribution in [0.3, 0.4) is 0 Å². The predicted octanol–water partition coefficient (Wildman–Crippen LogP) is 2.08. The molecule has 1 aromatic carbocycles. The zero-order valence-electron chi connectivity index (χ0n) is 11.7. The number of aryl methyl sites for hydroxylation is 1. The van der Waals surface area contributed by atoms with Crippen LogP contribution < -0.4 is 10.6 Å².